The Kier molecular flexibility index (Phi) is 55.9. The Bertz CT molecular complexity index is 1680. The maximum atomic E-state index is 13.0. The molecule has 6 atom stereocenters. The van der Waals surface area contributed by atoms with Crippen LogP contribution in [-0.4, -0.2) is 96.7 Å². The van der Waals surface area contributed by atoms with E-state index >= 15 is 0 Å². The normalized spacial score (nSPS) is 14.6. The molecule has 0 amide bonds. The van der Waals surface area contributed by atoms with Gasteiger partial charge in [0.25, 0.3) is 0 Å². The van der Waals surface area contributed by atoms with E-state index < -0.39 is 97.5 Å². The maximum Gasteiger partial charge on any atom is 0.472 e. The second-order valence-electron chi connectivity index (χ2n) is 25.1. The Morgan fingerprint density at radius 3 is 0.894 bits per heavy atom. The summed E-state index contributed by atoms with van der Waals surface area (Å²) in [5, 5.41) is 10.5. The largest absolute Gasteiger partial charge is 0.472 e. The lowest BCUT2D eigenvalue weighted by molar-refractivity contribution is -0.161. The van der Waals surface area contributed by atoms with Gasteiger partial charge >= 0.3 is 39.5 Å². The van der Waals surface area contributed by atoms with Crippen LogP contribution in [0.1, 0.15) is 325 Å². The van der Waals surface area contributed by atoms with Crippen molar-refractivity contribution in [2.75, 3.05) is 39.6 Å². The van der Waals surface area contributed by atoms with Crippen molar-refractivity contribution in [3.63, 3.8) is 0 Å². The molecule has 85 heavy (non-hydrogen) atoms. The number of esters is 4. The van der Waals surface area contributed by atoms with Crippen LogP contribution in [0.3, 0.4) is 0 Å². The number of rotatable bonds is 64. The smallest absolute Gasteiger partial charge is 0.462 e. The number of phosphoric acid groups is 2. The molecule has 504 valence electrons. The molecular formula is C66H128O17P2. The molecule has 3 N–H and O–H groups in total. The number of aliphatic hydroxyl groups excluding tert-OH is 1. The first-order chi connectivity index (χ1) is 40.8. The number of ether oxygens (including phenoxy) is 4. The molecule has 0 fully saturated rings. The number of phosphoric ester groups is 2. The fraction of sp³-hybridized carbons (Fsp3) is 0.939. The minimum Gasteiger partial charge on any atom is -0.462 e. The standard InChI is InChI=1S/C66H128O17P2/c1-8-10-11-12-23-33-40-47-63(68)76-53-61(83-66(71)50-43-36-29-22-21-25-31-38-45-58(5)6)55-80-84(72,73)78-51-60(67)52-79-85(74,75)81-56-62(54-77-64(69)48-41-34-27-19-15-13-17-24-30-37-44-57(3)4)82-65(70)49-42-35-28-20-16-14-18-26-32-39-46-59(7)9-2/h57-62,67H,8-56H2,1-7H3,(H,72,73)(H,74,75)/t59?,60-,61+,62+/m0/s1. The second-order valence-corrected chi connectivity index (χ2v) is 28.0. The zero-order chi connectivity index (χ0) is 63.1. The summed E-state index contributed by atoms with van der Waals surface area (Å²) in [7, 11) is -9.89. The van der Waals surface area contributed by atoms with Crippen LogP contribution in [-0.2, 0) is 65.4 Å². The SMILES string of the molecule is CCCCCCCCCC(=O)OC[C@H](COP(=O)(O)OC[C@H](O)COP(=O)(O)OC[C@@H](COC(=O)CCCCCCCCCCCCC(C)C)OC(=O)CCCCCCCCCCCCC(C)CC)OC(=O)CCCCCCCCCCC(C)C. The third kappa shape index (κ3) is 59.5. The number of carbonyl (C=O) groups is 4. The van der Waals surface area contributed by atoms with E-state index in [-0.39, 0.29) is 25.7 Å². The van der Waals surface area contributed by atoms with E-state index in [2.05, 4.69) is 48.5 Å². The van der Waals surface area contributed by atoms with E-state index in [0.717, 1.165) is 120 Å². The predicted molar refractivity (Wildman–Crippen MR) is 340 cm³/mol. The van der Waals surface area contributed by atoms with E-state index in [0.29, 0.717) is 25.7 Å². The van der Waals surface area contributed by atoms with Gasteiger partial charge in [0.2, 0.25) is 0 Å². The first kappa shape index (κ1) is 83.1. The molecule has 3 unspecified atom stereocenters. The van der Waals surface area contributed by atoms with Crippen LogP contribution in [0.25, 0.3) is 0 Å². The van der Waals surface area contributed by atoms with E-state index in [1.165, 1.54) is 122 Å². The molecule has 0 aliphatic rings. The van der Waals surface area contributed by atoms with Crippen molar-refractivity contribution in [3.8, 4) is 0 Å². The first-order valence-electron chi connectivity index (χ1n) is 34.4. The first-order valence-corrected chi connectivity index (χ1v) is 37.4. The molecule has 0 aliphatic carbocycles. The third-order valence-electron chi connectivity index (χ3n) is 15.5. The van der Waals surface area contributed by atoms with Gasteiger partial charge in [-0.05, 0) is 43.4 Å². The van der Waals surface area contributed by atoms with E-state index in [4.69, 9.17) is 37.0 Å². The van der Waals surface area contributed by atoms with Gasteiger partial charge < -0.3 is 33.8 Å². The molecule has 0 heterocycles. The van der Waals surface area contributed by atoms with Crippen LogP contribution >= 0.6 is 15.6 Å². The quantitative estimate of drug-likeness (QED) is 0.0222. The molecule has 0 aromatic carbocycles. The van der Waals surface area contributed by atoms with Crippen molar-refractivity contribution in [2.45, 2.75) is 343 Å². The lowest BCUT2D eigenvalue weighted by Gasteiger charge is -2.21. The Morgan fingerprint density at radius 2 is 0.600 bits per heavy atom. The zero-order valence-electron chi connectivity index (χ0n) is 55.1. The fourth-order valence-corrected chi connectivity index (χ4v) is 11.4. The summed E-state index contributed by atoms with van der Waals surface area (Å²) in [5.74, 6) is 0.142. The number of unbranched alkanes of at least 4 members (excludes halogenated alkanes) is 31. The van der Waals surface area contributed by atoms with Crippen molar-refractivity contribution in [2.24, 2.45) is 17.8 Å². The monoisotopic (exact) mass is 1250 g/mol. The Morgan fingerprint density at radius 1 is 0.341 bits per heavy atom. The lowest BCUT2D eigenvalue weighted by atomic mass is 9.99. The molecule has 19 heteroatoms. The molecule has 0 aromatic heterocycles. The van der Waals surface area contributed by atoms with Crippen molar-refractivity contribution in [1.82, 2.24) is 0 Å². The van der Waals surface area contributed by atoms with Gasteiger partial charge in [0.1, 0.15) is 19.3 Å². The summed E-state index contributed by atoms with van der Waals surface area (Å²) in [5.41, 5.74) is 0. The summed E-state index contributed by atoms with van der Waals surface area (Å²) < 4.78 is 68.0. The van der Waals surface area contributed by atoms with E-state index in [1.807, 2.05) is 0 Å². The van der Waals surface area contributed by atoms with Crippen molar-refractivity contribution >= 4 is 39.5 Å². The van der Waals surface area contributed by atoms with Crippen LogP contribution in [0.5, 0.6) is 0 Å². The molecule has 0 saturated heterocycles. The minimum absolute atomic E-state index is 0.104. The minimum atomic E-state index is -4.95. The summed E-state index contributed by atoms with van der Waals surface area (Å²) in [4.78, 5) is 72.2. The molecule has 0 aliphatic heterocycles. The van der Waals surface area contributed by atoms with Gasteiger partial charge in [0.05, 0.1) is 26.4 Å². The van der Waals surface area contributed by atoms with Crippen LogP contribution in [0.4, 0.5) is 0 Å². The molecule has 0 rings (SSSR count). The number of hydrogen-bond donors (Lipinski definition) is 3. The number of hydrogen-bond acceptors (Lipinski definition) is 15. The molecular weight excluding hydrogens is 1130 g/mol. The van der Waals surface area contributed by atoms with Crippen LogP contribution in [0.15, 0.2) is 0 Å². The molecule has 0 radical (unpaired) electrons. The average molecular weight is 1260 g/mol. The fourth-order valence-electron chi connectivity index (χ4n) is 9.80. The predicted octanol–water partition coefficient (Wildman–Crippen LogP) is 18.3. The van der Waals surface area contributed by atoms with Crippen LogP contribution < -0.4 is 0 Å². The van der Waals surface area contributed by atoms with Crippen molar-refractivity contribution < 1.29 is 80.2 Å². The van der Waals surface area contributed by atoms with Crippen LogP contribution in [0, 0.1) is 17.8 Å². The Labute approximate surface area is 517 Å². The lowest BCUT2D eigenvalue weighted by Crippen LogP contribution is -2.30. The molecule has 0 bridgehead atoms. The Hall–Kier alpha value is -1.94. The summed E-state index contributed by atoms with van der Waals surface area (Å²) in [6.45, 7) is 11.8. The molecule has 0 saturated carbocycles. The highest BCUT2D eigenvalue weighted by molar-refractivity contribution is 7.47. The van der Waals surface area contributed by atoms with Crippen molar-refractivity contribution in [1.29, 1.82) is 0 Å². The Balaban J connectivity index is 5.23. The zero-order valence-corrected chi connectivity index (χ0v) is 56.9. The summed E-state index contributed by atoms with van der Waals surface area (Å²) >= 11 is 0. The van der Waals surface area contributed by atoms with Gasteiger partial charge in [-0.25, -0.2) is 9.13 Å². The number of aliphatic hydroxyl groups is 1. The number of carbonyl (C=O) groups excluding carboxylic acids is 4. The highest BCUT2D eigenvalue weighted by Gasteiger charge is 2.30. The second kappa shape index (κ2) is 57.2. The van der Waals surface area contributed by atoms with E-state index in [9.17, 15) is 43.2 Å². The van der Waals surface area contributed by atoms with Gasteiger partial charge in [-0.2, -0.15) is 0 Å². The molecule has 0 aromatic rings. The van der Waals surface area contributed by atoms with Gasteiger partial charge in [0, 0.05) is 25.7 Å². The molecule has 17 nitrogen and oxygen atoms in total. The molecule has 0 spiro atoms. The van der Waals surface area contributed by atoms with Gasteiger partial charge in [-0.15, -0.1) is 0 Å². The van der Waals surface area contributed by atoms with Crippen LogP contribution in [0.2, 0.25) is 0 Å². The average Bonchev–Trinajstić information content (AvgIpc) is 3.52. The van der Waals surface area contributed by atoms with Gasteiger partial charge in [-0.1, -0.05) is 273 Å². The highest BCUT2D eigenvalue weighted by atomic mass is 31.2. The summed E-state index contributed by atoms with van der Waals surface area (Å²) in [6, 6.07) is 0. The maximum absolute atomic E-state index is 13.0. The highest BCUT2D eigenvalue weighted by Crippen LogP contribution is 2.45. The topological polar surface area (TPSA) is 237 Å². The van der Waals surface area contributed by atoms with Crippen molar-refractivity contribution in [3.05, 3.63) is 0 Å². The van der Waals surface area contributed by atoms with E-state index in [1.54, 1.807) is 0 Å². The summed E-state index contributed by atoms with van der Waals surface area (Å²) in [6.07, 6.45) is 39.0. The third-order valence-corrected chi connectivity index (χ3v) is 17.4. The van der Waals surface area contributed by atoms with Gasteiger partial charge in [0.15, 0.2) is 12.2 Å². The van der Waals surface area contributed by atoms with Gasteiger partial charge in [-0.3, -0.25) is 37.3 Å².